The van der Waals surface area contributed by atoms with E-state index in [2.05, 4.69) is 0 Å². The first-order valence-corrected chi connectivity index (χ1v) is 5.44. The summed E-state index contributed by atoms with van der Waals surface area (Å²) < 4.78 is 0. The predicted molar refractivity (Wildman–Crippen MR) is 59.6 cm³/mol. The zero-order valence-corrected chi connectivity index (χ0v) is 10.4. The minimum Gasteiger partial charge on any atom is -0.302 e. The number of carbonyl (C=O) groups excluding carboxylic acids is 2. The van der Waals surface area contributed by atoms with E-state index in [9.17, 15) is 9.59 Å². The first kappa shape index (κ1) is 13.1. The Labute approximate surface area is 96.3 Å². The number of Topliss-reactive ketones (excluding diaryl/α,β-unsaturated/α-hetero) is 1. The Morgan fingerprint density at radius 1 is 1.50 bits per heavy atom. The molecule has 0 aliphatic carbocycles. The van der Waals surface area contributed by atoms with E-state index in [0.717, 1.165) is 0 Å². The molecule has 92 valence electrons. The third kappa shape index (κ3) is 3.28. The smallest absolute Gasteiger partial charge is 0.252 e. The van der Waals surface area contributed by atoms with E-state index >= 15 is 0 Å². The average molecular weight is 228 g/mol. The third-order valence-electron chi connectivity index (χ3n) is 2.59. The fourth-order valence-corrected chi connectivity index (χ4v) is 1.59. The fourth-order valence-electron chi connectivity index (χ4n) is 1.59. The van der Waals surface area contributed by atoms with Crippen LogP contribution in [0.3, 0.4) is 0 Å². The molecule has 5 heteroatoms. The molecule has 0 aromatic heterocycles. The van der Waals surface area contributed by atoms with Gasteiger partial charge in [-0.3, -0.25) is 14.4 Å². The van der Waals surface area contributed by atoms with Crippen LogP contribution in [0.4, 0.5) is 0 Å². The van der Waals surface area contributed by atoms with Crippen molar-refractivity contribution in [3.8, 4) is 0 Å². The topological polar surface area (TPSA) is 49.9 Å². The van der Waals surface area contributed by atoms with E-state index in [1.165, 1.54) is 5.06 Å². The van der Waals surface area contributed by atoms with Gasteiger partial charge in [-0.2, -0.15) is 0 Å². The van der Waals surface area contributed by atoms with E-state index in [-0.39, 0.29) is 18.2 Å². The second-order valence-corrected chi connectivity index (χ2v) is 5.09. The van der Waals surface area contributed by atoms with Crippen molar-refractivity contribution < 1.29 is 14.4 Å². The zero-order valence-electron chi connectivity index (χ0n) is 10.4. The zero-order chi connectivity index (χ0) is 12.3. The number of likely N-dealkylation sites (N-methyl/N-ethyl adjacent to an activating group) is 1. The molecule has 0 atom stereocenters. The van der Waals surface area contributed by atoms with Crippen LogP contribution in [0.25, 0.3) is 0 Å². The predicted octanol–water partition coefficient (Wildman–Crippen LogP) is 0.307. The van der Waals surface area contributed by atoms with Crippen LogP contribution in [0.1, 0.15) is 20.3 Å². The molecule has 0 radical (unpaired) electrons. The van der Waals surface area contributed by atoms with Crippen LogP contribution in [0.15, 0.2) is 0 Å². The lowest BCUT2D eigenvalue weighted by Crippen LogP contribution is -2.49. The van der Waals surface area contributed by atoms with Crippen molar-refractivity contribution in [1.29, 1.82) is 0 Å². The van der Waals surface area contributed by atoms with Crippen molar-refractivity contribution in [3.63, 3.8) is 0 Å². The van der Waals surface area contributed by atoms with E-state index in [0.29, 0.717) is 19.6 Å². The summed E-state index contributed by atoms with van der Waals surface area (Å²) in [4.78, 5) is 30.5. The summed E-state index contributed by atoms with van der Waals surface area (Å²) in [6.45, 7) is 4.62. The van der Waals surface area contributed by atoms with Gasteiger partial charge in [0.15, 0.2) is 5.78 Å². The lowest BCUT2D eigenvalue weighted by atomic mass is 9.87. The maximum absolute atomic E-state index is 11.9. The quantitative estimate of drug-likeness (QED) is 0.695. The Kier molecular flexibility index (Phi) is 4.04. The highest BCUT2D eigenvalue weighted by molar-refractivity contribution is 5.88. The van der Waals surface area contributed by atoms with Crippen molar-refractivity contribution in [1.82, 2.24) is 9.96 Å². The summed E-state index contributed by atoms with van der Waals surface area (Å²) in [5, 5.41) is 1.20. The molecular formula is C11H20N2O3. The van der Waals surface area contributed by atoms with Gasteiger partial charge in [-0.05, 0) is 20.5 Å². The summed E-state index contributed by atoms with van der Waals surface area (Å²) in [6, 6.07) is 0. The maximum Gasteiger partial charge on any atom is 0.252 e. The molecule has 0 saturated carbocycles. The second-order valence-electron chi connectivity index (χ2n) is 5.09. The van der Waals surface area contributed by atoms with Gasteiger partial charge in [0.25, 0.3) is 5.91 Å². The largest absolute Gasteiger partial charge is 0.302 e. The van der Waals surface area contributed by atoms with Crippen LogP contribution in [-0.4, -0.2) is 55.4 Å². The average Bonchev–Trinajstić information content (AvgIpc) is 2.11. The molecule has 16 heavy (non-hydrogen) atoms. The Morgan fingerprint density at radius 2 is 2.12 bits per heavy atom. The number of rotatable bonds is 4. The van der Waals surface area contributed by atoms with Gasteiger partial charge >= 0.3 is 0 Å². The highest BCUT2D eigenvalue weighted by Crippen LogP contribution is 2.27. The molecule has 1 amide bonds. The Balaban J connectivity index is 2.54. The molecule has 1 heterocycles. The monoisotopic (exact) mass is 228 g/mol. The molecule has 1 aliphatic rings. The van der Waals surface area contributed by atoms with Crippen LogP contribution < -0.4 is 0 Å². The van der Waals surface area contributed by atoms with Crippen LogP contribution >= 0.6 is 0 Å². The fraction of sp³-hybridized carbons (Fsp3) is 0.818. The first-order chi connectivity index (χ1) is 7.33. The molecule has 1 fully saturated rings. The molecule has 0 aromatic carbocycles. The van der Waals surface area contributed by atoms with Crippen molar-refractivity contribution >= 4 is 11.7 Å². The van der Waals surface area contributed by atoms with Gasteiger partial charge in [-0.15, -0.1) is 0 Å². The standard InChI is InChI=1S/C11H20N2O3/c1-11(2)5-6-16-13(10(11)15)8-9(14)7-12(3)4/h5-8H2,1-4H3. The van der Waals surface area contributed by atoms with E-state index < -0.39 is 5.41 Å². The summed E-state index contributed by atoms with van der Waals surface area (Å²) in [5.74, 6) is -0.123. The van der Waals surface area contributed by atoms with E-state index in [4.69, 9.17) is 4.84 Å². The number of hydrogen-bond acceptors (Lipinski definition) is 4. The van der Waals surface area contributed by atoms with Gasteiger partial charge in [0.1, 0.15) is 6.54 Å². The van der Waals surface area contributed by atoms with Gasteiger partial charge in [-0.1, -0.05) is 13.8 Å². The summed E-state index contributed by atoms with van der Waals surface area (Å²) >= 11 is 0. The van der Waals surface area contributed by atoms with Gasteiger partial charge in [-0.25, -0.2) is 5.06 Å². The number of hydrogen-bond donors (Lipinski definition) is 0. The van der Waals surface area contributed by atoms with Gasteiger partial charge in [0, 0.05) is 5.41 Å². The van der Waals surface area contributed by atoms with Crippen LogP contribution in [0.5, 0.6) is 0 Å². The summed E-state index contributed by atoms with van der Waals surface area (Å²) in [5.41, 5.74) is -0.420. The van der Waals surface area contributed by atoms with Crippen LogP contribution in [0, 0.1) is 5.41 Å². The molecule has 0 aromatic rings. The highest BCUT2D eigenvalue weighted by Gasteiger charge is 2.37. The molecule has 0 bridgehead atoms. The van der Waals surface area contributed by atoms with Crippen molar-refractivity contribution in [2.24, 2.45) is 5.41 Å². The molecule has 0 unspecified atom stereocenters. The molecule has 1 aliphatic heterocycles. The van der Waals surface area contributed by atoms with Gasteiger partial charge in [0.2, 0.25) is 0 Å². The Bertz CT molecular complexity index is 287. The third-order valence-corrected chi connectivity index (χ3v) is 2.59. The van der Waals surface area contributed by atoms with Crippen molar-refractivity contribution in [3.05, 3.63) is 0 Å². The first-order valence-electron chi connectivity index (χ1n) is 5.44. The van der Waals surface area contributed by atoms with Gasteiger partial charge < -0.3 is 4.90 Å². The Hall–Kier alpha value is -0.940. The maximum atomic E-state index is 11.9. The van der Waals surface area contributed by atoms with Gasteiger partial charge in [0.05, 0.1) is 13.2 Å². The van der Waals surface area contributed by atoms with Crippen LogP contribution in [-0.2, 0) is 14.4 Å². The second kappa shape index (κ2) is 4.93. The summed E-state index contributed by atoms with van der Waals surface area (Å²) in [6.07, 6.45) is 0.699. The number of nitrogens with zero attached hydrogens (tertiary/aromatic N) is 2. The number of amides is 1. The Morgan fingerprint density at radius 3 is 2.69 bits per heavy atom. The highest BCUT2D eigenvalue weighted by atomic mass is 16.7. The molecule has 1 rings (SSSR count). The lowest BCUT2D eigenvalue weighted by Gasteiger charge is -2.35. The minimum atomic E-state index is -0.420. The number of hydroxylamine groups is 2. The van der Waals surface area contributed by atoms with Crippen molar-refractivity contribution in [2.75, 3.05) is 33.8 Å². The SMILES string of the molecule is CN(C)CC(=O)CN1OCCC(C)(C)C1=O. The molecule has 0 N–H and O–H groups in total. The number of ketones is 1. The molecule has 5 nitrogen and oxygen atoms in total. The number of carbonyl (C=O) groups is 2. The molecular weight excluding hydrogens is 208 g/mol. The lowest BCUT2D eigenvalue weighted by molar-refractivity contribution is -0.214. The summed E-state index contributed by atoms with van der Waals surface area (Å²) in [7, 11) is 3.64. The molecule has 0 spiro atoms. The normalized spacial score (nSPS) is 20.3. The van der Waals surface area contributed by atoms with Crippen LogP contribution in [0.2, 0.25) is 0 Å². The molecule has 1 saturated heterocycles. The van der Waals surface area contributed by atoms with Crippen molar-refractivity contribution in [2.45, 2.75) is 20.3 Å². The van der Waals surface area contributed by atoms with E-state index in [1.807, 2.05) is 27.9 Å². The minimum absolute atomic E-state index is 0.0175. The van der Waals surface area contributed by atoms with E-state index in [1.54, 1.807) is 4.90 Å².